The number of hydrogen-bond acceptors (Lipinski definition) is 6. The molecule has 0 N–H and O–H groups in total. The van der Waals surface area contributed by atoms with Crippen LogP contribution in [0.2, 0.25) is 5.02 Å². The molecule has 2 aromatic heterocycles. The Morgan fingerprint density at radius 2 is 1.63 bits per heavy atom. The molecule has 4 aromatic rings. The third-order valence-corrected chi connectivity index (χ3v) is 7.60. The lowest BCUT2D eigenvalue weighted by atomic mass is 9.94. The topological polar surface area (TPSA) is 89.0 Å². The van der Waals surface area contributed by atoms with E-state index < -0.39 is 0 Å². The highest BCUT2D eigenvalue weighted by molar-refractivity contribution is 6.30. The Bertz CT molecular complexity index is 1600. The normalized spacial score (nSPS) is 16.7. The van der Waals surface area contributed by atoms with Gasteiger partial charge in [0.1, 0.15) is 28.9 Å². The van der Waals surface area contributed by atoms with Gasteiger partial charge in [-0.2, -0.15) is 10.5 Å². The Kier molecular flexibility index (Phi) is 6.91. The second-order valence-corrected chi connectivity index (χ2v) is 10.2. The van der Waals surface area contributed by atoms with Gasteiger partial charge in [0.2, 0.25) is 0 Å². The highest BCUT2D eigenvalue weighted by Crippen LogP contribution is 2.35. The lowest BCUT2D eigenvalue weighted by molar-refractivity contribution is 0.150. The number of nitriles is 2. The molecule has 5 rings (SSSR count). The van der Waals surface area contributed by atoms with Crippen LogP contribution in [0.5, 0.6) is 0 Å². The summed E-state index contributed by atoms with van der Waals surface area (Å²) in [5, 5.41) is 20.1. The van der Waals surface area contributed by atoms with E-state index in [0.29, 0.717) is 41.4 Å². The summed E-state index contributed by atoms with van der Waals surface area (Å²) in [6.07, 6.45) is 0. The van der Waals surface area contributed by atoms with Gasteiger partial charge in [0.15, 0.2) is 0 Å². The third kappa shape index (κ3) is 4.52. The zero-order chi connectivity index (χ0) is 27.0. The van der Waals surface area contributed by atoms with E-state index in [1.165, 1.54) is 15.7 Å². The number of aryl methyl sites for hydroxylation is 2. The average Bonchev–Trinajstić information content (AvgIpc) is 2.93. The van der Waals surface area contributed by atoms with Gasteiger partial charge in [0, 0.05) is 37.7 Å². The zero-order valence-corrected chi connectivity index (χ0v) is 22.3. The summed E-state index contributed by atoms with van der Waals surface area (Å²) in [7, 11) is 1.63. The van der Waals surface area contributed by atoms with Crippen LogP contribution >= 0.6 is 11.6 Å². The number of hydrogen-bond donors (Lipinski definition) is 0. The quantitative estimate of drug-likeness (QED) is 0.377. The molecule has 1 aliphatic rings. The maximum absolute atomic E-state index is 13.1. The first-order valence-electron chi connectivity index (χ1n) is 12.5. The smallest absolute Gasteiger partial charge is 0.270 e. The van der Waals surface area contributed by atoms with E-state index >= 15 is 0 Å². The fourth-order valence-corrected chi connectivity index (χ4v) is 5.52. The maximum atomic E-state index is 13.1. The molecule has 0 radical (unpaired) electrons. The van der Waals surface area contributed by atoms with Crippen molar-refractivity contribution in [3.05, 3.63) is 104 Å². The minimum Gasteiger partial charge on any atom is -0.366 e. The van der Waals surface area contributed by atoms with Crippen LogP contribution in [0.25, 0.3) is 11.0 Å². The van der Waals surface area contributed by atoms with Gasteiger partial charge in [-0.05, 0) is 49.2 Å². The number of fused-ring (bicyclic) bond motifs is 1. The molecule has 7 nitrogen and oxygen atoms in total. The highest BCUT2D eigenvalue weighted by atomic mass is 35.5. The SMILES string of the molecule is Cc1ccc(C(c2ccc(Cl)cc2)N2CCN(c3c(C#N)c(=O)n(C)c4ccc(C#N)nc34)C[C@H]2C)cc1. The Labute approximate surface area is 226 Å². The first kappa shape index (κ1) is 25.5. The van der Waals surface area contributed by atoms with Crippen LogP contribution in [0.4, 0.5) is 5.69 Å². The summed E-state index contributed by atoms with van der Waals surface area (Å²) < 4.78 is 1.43. The van der Waals surface area contributed by atoms with Crippen LogP contribution in [0.15, 0.2) is 65.5 Å². The number of rotatable bonds is 4. The molecule has 1 unspecified atom stereocenters. The molecular formula is C30H27ClN6O. The lowest BCUT2D eigenvalue weighted by Crippen LogP contribution is -2.53. The van der Waals surface area contributed by atoms with Gasteiger partial charge < -0.3 is 9.47 Å². The molecule has 0 aliphatic carbocycles. The molecule has 8 heteroatoms. The summed E-state index contributed by atoms with van der Waals surface area (Å²) in [5.41, 5.74) is 5.07. The highest BCUT2D eigenvalue weighted by Gasteiger charge is 2.33. The van der Waals surface area contributed by atoms with Crippen LogP contribution in [-0.4, -0.2) is 40.1 Å². The van der Waals surface area contributed by atoms with E-state index in [2.05, 4.69) is 77.2 Å². The minimum absolute atomic E-state index is 0.0177. The van der Waals surface area contributed by atoms with Crippen LogP contribution < -0.4 is 10.5 Å². The van der Waals surface area contributed by atoms with E-state index in [1.807, 2.05) is 12.1 Å². The minimum atomic E-state index is -0.365. The first-order valence-corrected chi connectivity index (χ1v) is 12.9. The molecule has 0 saturated carbocycles. The van der Waals surface area contributed by atoms with Crippen molar-refractivity contribution in [2.45, 2.75) is 25.9 Å². The van der Waals surface area contributed by atoms with Crippen molar-refractivity contribution in [3.63, 3.8) is 0 Å². The van der Waals surface area contributed by atoms with E-state index in [9.17, 15) is 15.3 Å². The summed E-state index contributed by atoms with van der Waals surface area (Å²) in [6, 6.07) is 24.2. The molecule has 2 atom stereocenters. The molecule has 1 aliphatic heterocycles. The van der Waals surface area contributed by atoms with Gasteiger partial charge in [-0.15, -0.1) is 0 Å². The second-order valence-electron chi connectivity index (χ2n) is 9.77. The second kappa shape index (κ2) is 10.3. The lowest BCUT2D eigenvalue weighted by Gasteiger charge is -2.45. The number of nitrogens with zero attached hydrogens (tertiary/aromatic N) is 6. The summed E-state index contributed by atoms with van der Waals surface area (Å²) in [6.45, 7) is 6.12. The summed E-state index contributed by atoms with van der Waals surface area (Å²) >= 11 is 6.21. The fraction of sp³-hybridized carbons (Fsp3) is 0.267. The summed E-state index contributed by atoms with van der Waals surface area (Å²) in [5.74, 6) is 0. The van der Waals surface area contributed by atoms with Crippen molar-refractivity contribution in [1.29, 1.82) is 10.5 Å². The van der Waals surface area contributed by atoms with Crippen molar-refractivity contribution >= 4 is 28.3 Å². The van der Waals surface area contributed by atoms with Crippen molar-refractivity contribution < 1.29 is 0 Å². The van der Waals surface area contributed by atoms with Crippen LogP contribution in [-0.2, 0) is 7.05 Å². The molecule has 38 heavy (non-hydrogen) atoms. The first-order chi connectivity index (χ1) is 18.3. The van der Waals surface area contributed by atoms with Gasteiger partial charge in [0.25, 0.3) is 5.56 Å². The standard InChI is InChI=1S/C30H27ClN6O/c1-19-4-6-21(7-5-19)28(22-8-10-23(31)11-9-22)37-15-14-36(18-20(37)2)29-25(17-33)30(38)35(3)26-13-12-24(16-32)34-27(26)29/h4-13,20,28H,14-15,18H2,1-3H3/t20-,28?/m1/s1. The van der Waals surface area contributed by atoms with Crippen LogP contribution in [0.3, 0.4) is 0 Å². The van der Waals surface area contributed by atoms with Gasteiger partial charge in [-0.3, -0.25) is 9.69 Å². The molecule has 1 fully saturated rings. The summed E-state index contributed by atoms with van der Waals surface area (Å²) in [4.78, 5) is 22.2. The maximum Gasteiger partial charge on any atom is 0.270 e. The fourth-order valence-electron chi connectivity index (χ4n) is 5.39. The number of anilines is 1. The van der Waals surface area contributed by atoms with Crippen LogP contribution in [0, 0.1) is 29.6 Å². The number of aromatic nitrogens is 2. The zero-order valence-electron chi connectivity index (χ0n) is 21.5. The van der Waals surface area contributed by atoms with Crippen LogP contribution in [0.1, 0.15) is 40.9 Å². The number of pyridine rings is 2. The number of halogens is 1. The van der Waals surface area contributed by atoms with Gasteiger partial charge in [-0.1, -0.05) is 53.6 Å². The Morgan fingerprint density at radius 3 is 2.24 bits per heavy atom. The number of benzene rings is 2. The predicted octanol–water partition coefficient (Wildman–Crippen LogP) is 4.94. The van der Waals surface area contributed by atoms with E-state index in [0.717, 1.165) is 5.56 Å². The Hall–Kier alpha value is -4.17. The average molecular weight is 523 g/mol. The van der Waals surface area contributed by atoms with Gasteiger partial charge in [0.05, 0.1) is 17.2 Å². The third-order valence-electron chi connectivity index (χ3n) is 7.35. The Balaban J connectivity index is 1.56. The molecule has 190 valence electrons. The van der Waals surface area contributed by atoms with E-state index in [-0.39, 0.29) is 28.9 Å². The van der Waals surface area contributed by atoms with Crippen molar-refractivity contribution in [3.8, 4) is 12.1 Å². The monoisotopic (exact) mass is 522 g/mol. The molecule has 2 aromatic carbocycles. The molecular weight excluding hydrogens is 496 g/mol. The molecule has 0 spiro atoms. The van der Waals surface area contributed by atoms with Crippen molar-refractivity contribution in [2.75, 3.05) is 24.5 Å². The van der Waals surface area contributed by atoms with Gasteiger partial charge >= 0.3 is 0 Å². The van der Waals surface area contributed by atoms with Gasteiger partial charge in [-0.25, -0.2) is 4.98 Å². The number of piperazine rings is 1. The predicted molar refractivity (Wildman–Crippen MR) is 149 cm³/mol. The molecule has 0 bridgehead atoms. The molecule has 0 amide bonds. The largest absolute Gasteiger partial charge is 0.366 e. The molecule has 3 heterocycles. The van der Waals surface area contributed by atoms with Crippen molar-refractivity contribution in [2.24, 2.45) is 7.05 Å². The van der Waals surface area contributed by atoms with E-state index in [4.69, 9.17) is 11.6 Å². The molecule has 1 saturated heterocycles. The van der Waals surface area contributed by atoms with E-state index in [1.54, 1.807) is 19.2 Å². The van der Waals surface area contributed by atoms with Crippen molar-refractivity contribution in [1.82, 2.24) is 14.5 Å². The Morgan fingerprint density at radius 1 is 0.974 bits per heavy atom.